The lowest BCUT2D eigenvalue weighted by atomic mass is 10.3. The minimum atomic E-state index is 0.746. The zero-order valence-electron chi connectivity index (χ0n) is 12.6. The lowest BCUT2D eigenvalue weighted by Crippen LogP contribution is -2.17. The fourth-order valence-corrected chi connectivity index (χ4v) is 2.91. The van der Waals surface area contributed by atoms with Gasteiger partial charge in [-0.05, 0) is 26.1 Å². The highest BCUT2D eigenvalue weighted by Crippen LogP contribution is 2.21. The maximum absolute atomic E-state index is 5.09. The number of anilines is 2. The van der Waals surface area contributed by atoms with Crippen molar-refractivity contribution < 1.29 is 4.52 Å². The van der Waals surface area contributed by atoms with Gasteiger partial charge in [-0.2, -0.15) is 0 Å². The topological polar surface area (TPSA) is 54.2 Å². The first-order chi connectivity index (χ1) is 10.7. The molecule has 1 N–H and O–H groups in total. The Labute approximate surface area is 133 Å². The van der Waals surface area contributed by atoms with Crippen LogP contribution in [0.1, 0.15) is 17.1 Å². The van der Waals surface area contributed by atoms with E-state index in [0.717, 1.165) is 41.1 Å². The molecule has 114 valence electrons. The number of rotatable bonds is 6. The van der Waals surface area contributed by atoms with E-state index in [1.807, 2.05) is 50.4 Å². The number of thiazole rings is 1. The molecule has 2 heterocycles. The largest absolute Gasteiger partial charge is 0.361 e. The Hall–Kier alpha value is -2.18. The molecule has 0 atom stereocenters. The minimum Gasteiger partial charge on any atom is -0.361 e. The standard InChI is InChI=1S/C16H18N4OS/c1-12-8-14(19-21-12)9-20(2)10-15-11-22-16(18-15)17-13-6-4-3-5-7-13/h3-8,11H,9-10H2,1-2H3,(H,17,18). The molecule has 0 spiro atoms. The van der Waals surface area contributed by atoms with Gasteiger partial charge in [0, 0.05) is 30.2 Å². The predicted molar refractivity (Wildman–Crippen MR) is 88.2 cm³/mol. The molecule has 5 nitrogen and oxygen atoms in total. The smallest absolute Gasteiger partial charge is 0.187 e. The molecule has 0 saturated carbocycles. The third-order valence-electron chi connectivity index (χ3n) is 3.12. The maximum atomic E-state index is 5.09. The van der Waals surface area contributed by atoms with Crippen molar-refractivity contribution in [2.24, 2.45) is 0 Å². The van der Waals surface area contributed by atoms with Gasteiger partial charge in [-0.3, -0.25) is 4.90 Å². The Kier molecular flexibility index (Phi) is 4.50. The van der Waals surface area contributed by atoms with Gasteiger partial charge in [-0.15, -0.1) is 11.3 Å². The van der Waals surface area contributed by atoms with Crippen molar-refractivity contribution in [2.45, 2.75) is 20.0 Å². The van der Waals surface area contributed by atoms with Gasteiger partial charge in [0.1, 0.15) is 5.76 Å². The molecule has 6 heteroatoms. The van der Waals surface area contributed by atoms with Gasteiger partial charge in [0.25, 0.3) is 0 Å². The van der Waals surface area contributed by atoms with E-state index < -0.39 is 0 Å². The molecule has 3 aromatic rings. The second kappa shape index (κ2) is 6.72. The number of hydrogen-bond donors (Lipinski definition) is 1. The number of nitrogens with zero attached hydrogens (tertiary/aromatic N) is 3. The summed E-state index contributed by atoms with van der Waals surface area (Å²) in [5.74, 6) is 0.839. The van der Waals surface area contributed by atoms with Crippen LogP contribution < -0.4 is 5.32 Å². The first-order valence-electron chi connectivity index (χ1n) is 7.06. The molecular formula is C16H18N4OS. The summed E-state index contributed by atoms with van der Waals surface area (Å²) in [6.07, 6.45) is 0. The van der Waals surface area contributed by atoms with Crippen LogP contribution in [0.25, 0.3) is 0 Å². The van der Waals surface area contributed by atoms with Gasteiger partial charge in [0.05, 0.1) is 11.4 Å². The first kappa shape index (κ1) is 14.7. The van der Waals surface area contributed by atoms with E-state index in [2.05, 4.69) is 25.7 Å². The lowest BCUT2D eigenvalue weighted by molar-refractivity contribution is 0.299. The molecule has 0 aliphatic rings. The molecule has 0 aliphatic heterocycles. The zero-order chi connectivity index (χ0) is 15.4. The van der Waals surface area contributed by atoms with Crippen LogP contribution in [0.2, 0.25) is 0 Å². The summed E-state index contributed by atoms with van der Waals surface area (Å²) in [4.78, 5) is 6.78. The van der Waals surface area contributed by atoms with Crippen LogP contribution in [0, 0.1) is 6.92 Å². The van der Waals surface area contributed by atoms with E-state index in [1.165, 1.54) is 0 Å². The lowest BCUT2D eigenvalue weighted by Gasteiger charge is -2.12. The summed E-state index contributed by atoms with van der Waals surface area (Å²) < 4.78 is 5.09. The molecule has 1 aromatic carbocycles. The minimum absolute atomic E-state index is 0.746. The molecule has 0 radical (unpaired) electrons. The van der Waals surface area contributed by atoms with E-state index in [1.54, 1.807) is 11.3 Å². The van der Waals surface area contributed by atoms with Crippen LogP contribution in [-0.2, 0) is 13.1 Å². The van der Waals surface area contributed by atoms with E-state index in [4.69, 9.17) is 4.52 Å². The summed E-state index contributed by atoms with van der Waals surface area (Å²) in [5.41, 5.74) is 3.04. The van der Waals surface area contributed by atoms with E-state index in [0.29, 0.717) is 0 Å². The third-order valence-corrected chi connectivity index (χ3v) is 3.92. The highest BCUT2D eigenvalue weighted by Gasteiger charge is 2.08. The van der Waals surface area contributed by atoms with Gasteiger partial charge < -0.3 is 9.84 Å². The van der Waals surface area contributed by atoms with Crippen LogP contribution in [-0.4, -0.2) is 22.1 Å². The van der Waals surface area contributed by atoms with Crippen molar-refractivity contribution in [3.05, 3.63) is 58.9 Å². The van der Waals surface area contributed by atoms with Crippen LogP contribution in [0.15, 0.2) is 46.3 Å². The molecule has 0 saturated heterocycles. The normalized spacial score (nSPS) is 11.0. The zero-order valence-corrected chi connectivity index (χ0v) is 13.4. The van der Waals surface area contributed by atoms with Crippen LogP contribution in [0.5, 0.6) is 0 Å². The van der Waals surface area contributed by atoms with Crippen molar-refractivity contribution >= 4 is 22.2 Å². The first-order valence-corrected chi connectivity index (χ1v) is 7.94. The van der Waals surface area contributed by atoms with Crippen molar-refractivity contribution in [1.82, 2.24) is 15.0 Å². The number of aryl methyl sites for hydroxylation is 1. The fraction of sp³-hybridized carbons (Fsp3) is 0.250. The quantitative estimate of drug-likeness (QED) is 0.749. The third kappa shape index (κ3) is 3.93. The van der Waals surface area contributed by atoms with E-state index >= 15 is 0 Å². The highest BCUT2D eigenvalue weighted by atomic mass is 32.1. The van der Waals surface area contributed by atoms with E-state index in [9.17, 15) is 0 Å². The molecular weight excluding hydrogens is 296 g/mol. The second-order valence-corrected chi connectivity index (χ2v) is 6.09. The van der Waals surface area contributed by atoms with Crippen LogP contribution in [0.4, 0.5) is 10.8 Å². The van der Waals surface area contributed by atoms with Crippen LogP contribution >= 0.6 is 11.3 Å². The summed E-state index contributed by atoms with van der Waals surface area (Å²) in [6.45, 7) is 3.42. The molecule has 3 rings (SSSR count). The monoisotopic (exact) mass is 314 g/mol. The molecule has 22 heavy (non-hydrogen) atoms. The van der Waals surface area contributed by atoms with Crippen LogP contribution in [0.3, 0.4) is 0 Å². The Morgan fingerprint density at radius 1 is 1.18 bits per heavy atom. The molecule has 2 aromatic heterocycles. The van der Waals surface area contributed by atoms with Gasteiger partial charge in [0.2, 0.25) is 0 Å². The Bertz CT molecular complexity index is 723. The summed E-state index contributed by atoms with van der Waals surface area (Å²) >= 11 is 1.61. The predicted octanol–water partition coefficient (Wildman–Crippen LogP) is 3.82. The number of benzene rings is 1. The Balaban J connectivity index is 1.57. The molecule has 0 aliphatic carbocycles. The van der Waals surface area contributed by atoms with Gasteiger partial charge in [-0.1, -0.05) is 23.4 Å². The Morgan fingerprint density at radius 2 is 1.95 bits per heavy atom. The van der Waals surface area contributed by atoms with Gasteiger partial charge in [0.15, 0.2) is 5.13 Å². The number of para-hydroxylation sites is 1. The SMILES string of the molecule is Cc1cc(CN(C)Cc2csc(Nc3ccccc3)n2)no1. The van der Waals surface area contributed by atoms with E-state index in [-0.39, 0.29) is 0 Å². The molecule has 0 unspecified atom stereocenters. The summed E-state index contributed by atoms with van der Waals surface area (Å²) in [7, 11) is 2.05. The summed E-state index contributed by atoms with van der Waals surface area (Å²) in [6, 6.07) is 12.0. The number of aromatic nitrogens is 2. The van der Waals surface area contributed by atoms with Gasteiger partial charge >= 0.3 is 0 Å². The average Bonchev–Trinajstić information content (AvgIpc) is 3.09. The number of hydrogen-bond acceptors (Lipinski definition) is 6. The van der Waals surface area contributed by atoms with Crippen molar-refractivity contribution in [3.8, 4) is 0 Å². The molecule has 0 amide bonds. The fourth-order valence-electron chi connectivity index (χ4n) is 2.18. The number of nitrogens with one attached hydrogen (secondary N) is 1. The highest BCUT2D eigenvalue weighted by molar-refractivity contribution is 7.13. The Morgan fingerprint density at radius 3 is 2.68 bits per heavy atom. The summed E-state index contributed by atoms with van der Waals surface area (Å²) in [5, 5.41) is 10.3. The van der Waals surface area contributed by atoms with Gasteiger partial charge in [-0.25, -0.2) is 4.98 Å². The van der Waals surface area contributed by atoms with Crippen molar-refractivity contribution in [3.63, 3.8) is 0 Å². The second-order valence-electron chi connectivity index (χ2n) is 5.24. The van der Waals surface area contributed by atoms with Crippen molar-refractivity contribution in [2.75, 3.05) is 12.4 Å². The maximum Gasteiger partial charge on any atom is 0.187 e. The molecule has 0 fully saturated rings. The average molecular weight is 314 g/mol. The molecule has 0 bridgehead atoms. The van der Waals surface area contributed by atoms with Crippen molar-refractivity contribution in [1.29, 1.82) is 0 Å².